The summed E-state index contributed by atoms with van der Waals surface area (Å²) < 4.78 is 0. The molecule has 0 saturated heterocycles. The molecule has 3 aliphatic carbocycles. The van der Waals surface area contributed by atoms with Crippen LogP contribution in [0.3, 0.4) is 0 Å². The van der Waals surface area contributed by atoms with E-state index in [1.54, 1.807) is 6.42 Å². The van der Waals surface area contributed by atoms with Crippen LogP contribution in [0.4, 0.5) is 0 Å². The molecule has 0 aromatic rings. The summed E-state index contributed by atoms with van der Waals surface area (Å²) in [5.41, 5.74) is 0. The lowest BCUT2D eigenvalue weighted by Gasteiger charge is -2.24. The molecule has 1 N–H and O–H groups in total. The van der Waals surface area contributed by atoms with Gasteiger partial charge in [-0.05, 0) is 74.8 Å². The predicted octanol–water partition coefficient (Wildman–Crippen LogP) is 3.67. The molecule has 0 aromatic carbocycles. The molecule has 3 rings (SSSR count). The Morgan fingerprint density at radius 3 is 2.41 bits per heavy atom. The molecular formula is C15H26ClN. The second-order valence-electron chi connectivity index (χ2n) is 6.70. The highest BCUT2D eigenvalue weighted by Crippen LogP contribution is 2.48. The van der Waals surface area contributed by atoms with Gasteiger partial charge in [-0.3, -0.25) is 0 Å². The van der Waals surface area contributed by atoms with Gasteiger partial charge in [0, 0.05) is 5.88 Å². The molecule has 0 aliphatic heterocycles. The molecule has 0 aromatic heterocycles. The van der Waals surface area contributed by atoms with Crippen molar-refractivity contribution in [2.45, 2.75) is 44.9 Å². The molecule has 3 fully saturated rings. The van der Waals surface area contributed by atoms with Crippen molar-refractivity contribution in [3.05, 3.63) is 0 Å². The lowest BCUT2D eigenvalue weighted by molar-refractivity contribution is 0.302. The second-order valence-corrected chi connectivity index (χ2v) is 7.01. The van der Waals surface area contributed by atoms with Gasteiger partial charge in [0.25, 0.3) is 0 Å². The third-order valence-electron chi connectivity index (χ3n) is 5.71. The largest absolute Gasteiger partial charge is 0.316 e. The van der Waals surface area contributed by atoms with Crippen LogP contribution in [-0.4, -0.2) is 19.0 Å². The highest BCUT2D eigenvalue weighted by molar-refractivity contribution is 6.18. The first-order valence-electron chi connectivity index (χ1n) is 7.63. The summed E-state index contributed by atoms with van der Waals surface area (Å²) in [4.78, 5) is 0. The number of alkyl halides is 1. The van der Waals surface area contributed by atoms with E-state index in [4.69, 9.17) is 11.6 Å². The summed E-state index contributed by atoms with van der Waals surface area (Å²) in [7, 11) is 0. The summed E-state index contributed by atoms with van der Waals surface area (Å²) in [5.74, 6) is 5.70. The van der Waals surface area contributed by atoms with Crippen LogP contribution in [0.25, 0.3) is 0 Å². The fourth-order valence-electron chi connectivity index (χ4n) is 4.67. The summed E-state index contributed by atoms with van der Waals surface area (Å²) in [6.45, 7) is 2.51. The van der Waals surface area contributed by atoms with Crippen molar-refractivity contribution >= 4 is 11.6 Å². The van der Waals surface area contributed by atoms with E-state index >= 15 is 0 Å². The summed E-state index contributed by atoms with van der Waals surface area (Å²) in [5, 5.41) is 3.76. The molecule has 5 atom stereocenters. The van der Waals surface area contributed by atoms with Crippen LogP contribution in [-0.2, 0) is 0 Å². The Kier molecular flexibility index (Phi) is 3.97. The zero-order chi connectivity index (χ0) is 11.7. The van der Waals surface area contributed by atoms with Crippen molar-refractivity contribution in [2.24, 2.45) is 29.6 Å². The minimum Gasteiger partial charge on any atom is -0.316 e. The van der Waals surface area contributed by atoms with Crippen molar-refractivity contribution in [1.82, 2.24) is 5.32 Å². The van der Waals surface area contributed by atoms with E-state index in [0.29, 0.717) is 0 Å². The minimum atomic E-state index is 0.796. The molecule has 2 heteroatoms. The highest BCUT2D eigenvalue weighted by atomic mass is 35.5. The Balaban J connectivity index is 1.37. The fourth-order valence-corrected chi connectivity index (χ4v) is 5.07. The summed E-state index contributed by atoms with van der Waals surface area (Å²) >= 11 is 6.03. The van der Waals surface area contributed by atoms with Gasteiger partial charge in [-0.15, -0.1) is 11.6 Å². The monoisotopic (exact) mass is 255 g/mol. The average Bonchev–Trinajstić information content (AvgIpc) is 3.04. The van der Waals surface area contributed by atoms with Gasteiger partial charge in [0.1, 0.15) is 0 Å². The Morgan fingerprint density at radius 2 is 1.71 bits per heavy atom. The maximum Gasteiger partial charge on any atom is 0.0254 e. The van der Waals surface area contributed by atoms with E-state index < -0.39 is 0 Å². The van der Waals surface area contributed by atoms with E-state index in [9.17, 15) is 0 Å². The van der Waals surface area contributed by atoms with E-state index in [-0.39, 0.29) is 0 Å². The SMILES string of the molecule is ClCC1CCCC1CNCC1CC2CCC1C2. The third kappa shape index (κ3) is 2.66. The standard InChI is InChI=1S/C15H26ClN/c16-8-13-2-1-3-14(13)9-17-10-15-7-11-4-5-12(15)6-11/h11-15,17H,1-10H2. The van der Waals surface area contributed by atoms with Gasteiger partial charge < -0.3 is 5.32 Å². The number of hydrogen-bond acceptors (Lipinski definition) is 1. The first-order chi connectivity index (χ1) is 8.36. The molecule has 0 amide bonds. The number of hydrogen-bond donors (Lipinski definition) is 1. The lowest BCUT2D eigenvalue weighted by atomic mass is 9.88. The predicted molar refractivity (Wildman–Crippen MR) is 73.4 cm³/mol. The maximum atomic E-state index is 6.03. The van der Waals surface area contributed by atoms with Crippen molar-refractivity contribution < 1.29 is 0 Å². The minimum absolute atomic E-state index is 0.796. The van der Waals surface area contributed by atoms with Gasteiger partial charge in [0.15, 0.2) is 0 Å². The Bertz CT molecular complexity index is 249. The van der Waals surface area contributed by atoms with E-state index in [0.717, 1.165) is 35.5 Å². The Hall–Kier alpha value is 0.250. The van der Waals surface area contributed by atoms with Gasteiger partial charge in [-0.2, -0.15) is 0 Å². The average molecular weight is 256 g/mol. The van der Waals surface area contributed by atoms with Crippen molar-refractivity contribution in [3.8, 4) is 0 Å². The lowest BCUT2D eigenvalue weighted by Crippen LogP contribution is -2.32. The zero-order valence-electron chi connectivity index (χ0n) is 10.8. The molecule has 0 radical (unpaired) electrons. The number of halogens is 1. The number of fused-ring (bicyclic) bond motifs is 2. The Labute approximate surface area is 111 Å². The van der Waals surface area contributed by atoms with Gasteiger partial charge in [-0.1, -0.05) is 12.8 Å². The molecule has 98 valence electrons. The van der Waals surface area contributed by atoms with Crippen LogP contribution in [0, 0.1) is 29.6 Å². The van der Waals surface area contributed by atoms with E-state index in [2.05, 4.69) is 5.32 Å². The molecule has 0 spiro atoms. The van der Waals surface area contributed by atoms with Gasteiger partial charge in [0.2, 0.25) is 0 Å². The van der Waals surface area contributed by atoms with Crippen LogP contribution in [0.15, 0.2) is 0 Å². The molecule has 5 unspecified atom stereocenters. The van der Waals surface area contributed by atoms with E-state index in [1.807, 2.05) is 0 Å². The molecule has 3 saturated carbocycles. The van der Waals surface area contributed by atoms with Crippen LogP contribution in [0.1, 0.15) is 44.9 Å². The first-order valence-corrected chi connectivity index (χ1v) is 8.17. The first kappa shape index (κ1) is 12.3. The quantitative estimate of drug-likeness (QED) is 0.740. The molecule has 3 aliphatic rings. The Morgan fingerprint density at radius 1 is 0.882 bits per heavy atom. The number of nitrogens with one attached hydrogen (secondary N) is 1. The smallest absolute Gasteiger partial charge is 0.0254 e. The maximum absolute atomic E-state index is 6.03. The molecule has 0 heterocycles. The number of rotatable bonds is 5. The van der Waals surface area contributed by atoms with Gasteiger partial charge in [-0.25, -0.2) is 0 Å². The van der Waals surface area contributed by atoms with Gasteiger partial charge in [0.05, 0.1) is 0 Å². The van der Waals surface area contributed by atoms with Crippen LogP contribution in [0.5, 0.6) is 0 Å². The fraction of sp³-hybridized carbons (Fsp3) is 1.00. The topological polar surface area (TPSA) is 12.0 Å². The summed E-state index contributed by atoms with van der Waals surface area (Å²) in [6, 6.07) is 0. The van der Waals surface area contributed by atoms with Crippen molar-refractivity contribution in [1.29, 1.82) is 0 Å². The van der Waals surface area contributed by atoms with Crippen molar-refractivity contribution in [2.75, 3.05) is 19.0 Å². The van der Waals surface area contributed by atoms with Gasteiger partial charge >= 0.3 is 0 Å². The summed E-state index contributed by atoms with van der Waals surface area (Å²) in [6.07, 6.45) is 10.3. The van der Waals surface area contributed by atoms with Crippen molar-refractivity contribution in [3.63, 3.8) is 0 Å². The highest BCUT2D eigenvalue weighted by Gasteiger charge is 2.39. The molecule has 17 heavy (non-hydrogen) atoms. The van der Waals surface area contributed by atoms with Crippen LogP contribution in [0.2, 0.25) is 0 Å². The van der Waals surface area contributed by atoms with Crippen LogP contribution < -0.4 is 5.32 Å². The van der Waals surface area contributed by atoms with Crippen LogP contribution >= 0.6 is 11.6 Å². The third-order valence-corrected chi connectivity index (χ3v) is 6.11. The van der Waals surface area contributed by atoms with E-state index in [1.165, 1.54) is 51.6 Å². The molecule has 1 nitrogen and oxygen atoms in total. The second kappa shape index (κ2) is 5.48. The normalized spacial score (nSPS) is 44.6. The molecule has 2 bridgehead atoms. The molecular weight excluding hydrogens is 230 g/mol. The zero-order valence-corrected chi connectivity index (χ0v) is 11.6.